The largest absolute Gasteiger partial charge is 0.329 e. The van der Waals surface area contributed by atoms with Crippen molar-refractivity contribution in [2.75, 3.05) is 0 Å². The maximum Gasteiger partial charge on any atom is 0.329 e. The van der Waals surface area contributed by atoms with Crippen LogP contribution in [0, 0.1) is 0 Å². The predicted octanol–water partition coefficient (Wildman–Crippen LogP) is 0.813. The summed E-state index contributed by atoms with van der Waals surface area (Å²) < 4.78 is 3.41. The second-order valence-electron chi connectivity index (χ2n) is 3.76. The number of fused-ring (bicyclic) bond motifs is 1. The molecule has 2 rings (SSSR count). The quantitative estimate of drug-likeness (QED) is 0.657. The molecule has 0 radical (unpaired) electrons. The standard InChI is InChI=1S/C9H10BrClN4O2/c1-4(11)3-15-5-6(12-8(15)10)14(2)9(17)13-7(5)16/h4H,3H2,1-2H3,(H,13,16,17)/t4-/m0/s1. The van der Waals surface area contributed by atoms with Gasteiger partial charge in [0.05, 0.1) is 0 Å². The number of rotatable bonds is 2. The van der Waals surface area contributed by atoms with Crippen LogP contribution in [0.3, 0.4) is 0 Å². The molecule has 0 saturated carbocycles. The van der Waals surface area contributed by atoms with E-state index in [1.807, 2.05) is 6.92 Å². The number of H-pyrrole nitrogens is 1. The SMILES string of the molecule is C[C@H](Cl)Cn1c(Br)nc2c1c(=O)[nH]c(=O)n2C. The van der Waals surface area contributed by atoms with Crippen molar-refractivity contribution in [1.29, 1.82) is 0 Å². The molecule has 0 fully saturated rings. The number of nitrogens with one attached hydrogen (secondary N) is 1. The Morgan fingerprint density at radius 1 is 1.53 bits per heavy atom. The molecule has 0 amide bonds. The molecular formula is C9H10BrClN4O2. The zero-order chi connectivity index (χ0) is 12.7. The summed E-state index contributed by atoms with van der Waals surface area (Å²) in [7, 11) is 1.55. The van der Waals surface area contributed by atoms with Crippen molar-refractivity contribution in [1.82, 2.24) is 19.1 Å². The monoisotopic (exact) mass is 320 g/mol. The minimum Gasteiger partial charge on any atom is -0.311 e. The van der Waals surface area contributed by atoms with Gasteiger partial charge < -0.3 is 4.57 Å². The fraction of sp³-hybridized carbons (Fsp3) is 0.444. The molecule has 92 valence electrons. The Morgan fingerprint density at radius 3 is 2.76 bits per heavy atom. The highest BCUT2D eigenvalue weighted by atomic mass is 79.9. The fourth-order valence-electron chi connectivity index (χ4n) is 1.63. The third-order valence-corrected chi connectivity index (χ3v) is 3.14. The van der Waals surface area contributed by atoms with Crippen LogP contribution < -0.4 is 11.2 Å². The number of hydrogen-bond donors (Lipinski definition) is 1. The molecule has 0 aromatic carbocycles. The van der Waals surface area contributed by atoms with Crippen molar-refractivity contribution < 1.29 is 0 Å². The van der Waals surface area contributed by atoms with Crippen LogP contribution in [0.15, 0.2) is 14.3 Å². The Bertz CT molecular complexity index is 685. The molecule has 6 nitrogen and oxygen atoms in total. The van der Waals surface area contributed by atoms with Gasteiger partial charge >= 0.3 is 5.69 Å². The molecule has 0 unspecified atom stereocenters. The van der Waals surface area contributed by atoms with Crippen LogP contribution in [0.1, 0.15) is 6.92 Å². The Morgan fingerprint density at radius 2 is 2.18 bits per heavy atom. The van der Waals surface area contributed by atoms with Crippen LogP contribution in [0.2, 0.25) is 0 Å². The minimum absolute atomic E-state index is 0.152. The summed E-state index contributed by atoms with van der Waals surface area (Å²) in [6.45, 7) is 2.25. The highest BCUT2D eigenvalue weighted by molar-refractivity contribution is 9.10. The molecule has 0 bridgehead atoms. The Hall–Kier alpha value is -1.08. The lowest BCUT2D eigenvalue weighted by atomic mass is 10.4. The van der Waals surface area contributed by atoms with E-state index in [0.29, 0.717) is 22.4 Å². The third-order valence-electron chi connectivity index (χ3n) is 2.39. The van der Waals surface area contributed by atoms with Crippen LogP contribution in [-0.2, 0) is 13.6 Å². The summed E-state index contributed by atoms with van der Waals surface area (Å²) in [5, 5.41) is -0.152. The first-order chi connectivity index (χ1) is 7.91. The predicted molar refractivity (Wildman–Crippen MR) is 68.6 cm³/mol. The lowest BCUT2D eigenvalue weighted by molar-refractivity contribution is 0.686. The van der Waals surface area contributed by atoms with Crippen molar-refractivity contribution in [3.05, 3.63) is 25.6 Å². The molecule has 0 saturated heterocycles. The molecule has 17 heavy (non-hydrogen) atoms. The minimum atomic E-state index is -0.487. The number of alkyl halides is 1. The first-order valence-corrected chi connectivity index (χ1v) is 6.14. The molecule has 2 aromatic heterocycles. The second-order valence-corrected chi connectivity index (χ2v) is 5.22. The zero-order valence-electron chi connectivity index (χ0n) is 9.20. The van der Waals surface area contributed by atoms with Gasteiger partial charge in [-0.3, -0.25) is 14.3 Å². The summed E-state index contributed by atoms with van der Waals surface area (Å²) in [6, 6.07) is 0. The number of hydrogen-bond acceptors (Lipinski definition) is 3. The van der Waals surface area contributed by atoms with Gasteiger partial charge in [-0.25, -0.2) is 9.78 Å². The average Bonchev–Trinajstić information content (AvgIpc) is 2.53. The first-order valence-electron chi connectivity index (χ1n) is 4.91. The van der Waals surface area contributed by atoms with E-state index in [9.17, 15) is 9.59 Å². The number of aromatic nitrogens is 4. The second kappa shape index (κ2) is 4.30. The van der Waals surface area contributed by atoms with E-state index in [-0.39, 0.29) is 5.38 Å². The smallest absolute Gasteiger partial charge is 0.311 e. The van der Waals surface area contributed by atoms with E-state index in [2.05, 4.69) is 25.9 Å². The van der Waals surface area contributed by atoms with E-state index in [1.165, 1.54) is 4.57 Å². The summed E-state index contributed by atoms with van der Waals surface area (Å²) >= 11 is 9.17. The molecule has 8 heteroatoms. The van der Waals surface area contributed by atoms with Gasteiger partial charge in [0.2, 0.25) is 0 Å². The van der Waals surface area contributed by atoms with Crippen LogP contribution in [0.25, 0.3) is 11.2 Å². The number of nitrogens with zero attached hydrogens (tertiary/aromatic N) is 3. The van der Waals surface area contributed by atoms with Crippen molar-refractivity contribution >= 4 is 38.7 Å². The van der Waals surface area contributed by atoms with E-state index in [1.54, 1.807) is 11.6 Å². The van der Waals surface area contributed by atoms with Crippen molar-refractivity contribution in [3.63, 3.8) is 0 Å². The van der Waals surface area contributed by atoms with Gasteiger partial charge in [0, 0.05) is 19.0 Å². The molecular weight excluding hydrogens is 311 g/mol. The molecule has 1 atom stereocenters. The average molecular weight is 322 g/mol. The van der Waals surface area contributed by atoms with Gasteiger partial charge in [-0.15, -0.1) is 11.6 Å². The Balaban J connectivity index is 2.87. The number of imidazole rings is 1. The highest BCUT2D eigenvalue weighted by Crippen LogP contribution is 2.17. The van der Waals surface area contributed by atoms with E-state index in [0.717, 1.165) is 0 Å². The molecule has 1 N–H and O–H groups in total. The normalized spacial score (nSPS) is 13.2. The van der Waals surface area contributed by atoms with Gasteiger partial charge in [-0.2, -0.15) is 0 Å². The topological polar surface area (TPSA) is 72.7 Å². The zero-order valence-corrected chi connectivity index (χ0v) is 11.5. The van der Waals surface area contributed by atoms with Crippen molar-refractivity contribution in [2.45, 2.75) is 18.8 Å². The van der Waals surface area contributed by atoms with Crippen LogP contribution in [-0.4, -0.2) is 24.5 Å². The molecule has 0 aliphatic carbocycles. The van der Waals surface area contributed by atoms with Crippen molar-refractivity contribution in [3.8, 4) is 0 Å². The number of aryl methyl sites for hydroxylation is 1. The summed E-state index contributed by atoms with van der Waals surface area (Å²) in [4.78, 5) is 29.6. The van der Waals surface area contributed by atoms with Gasteiger partial charge in [0.15, 0.2) is 15.9 Å². The summed E-state index contributed by atoms with van der Waals surface area (Å²) in [5.41, 5.74) is -0.272. The lowest BCUT2D eigenvalue weighted by Gasteiger charge is -2.06. The van der Waals surface area contributed by atoms with Gasteiger partial charge in [-0.1, -0.05) is 0 Å². The third kappa shape index (κ3) is 2.04. The van der Waals surface area contributed by atoms with Gasteiger partial charge in [-0.05, 0) is 22.9 Å². The van der Waals surface area contributed by atoms with Crippen LogP contribution in [0.5, 0.6) is 0 Å². The maximum atomic E-state index is 11.8. The van der Waals surface area contributed by atoms with E-state index >= 15 is 0 Å². The number of halogens is 2. The Labute approximate surface area is 109 Å². The van der Waals surface area contributed by atoms with Gasteiger partial charge in [0.1, 0.15) is 0 Å². The van der Waals surface area contributed by atoms with E-state index < -0.39 is 11.2 Å². The molecule has 2 heterocycles. The first kappa shape index (κ1) is 12.4. The molecule has 0 aliphatic rings. The molecule has 0 spiro atoms. The summed E-state index contributed by atoms with van der Waals surface area (Å²) in [5.74, 6) is 0. The lowest BCUT2D eigenvalue weighted by Crippen LogP contribution is -2.29. The van der Waals surface area contributed by atoms with Gasteiger partial charge in [0.25, 0.3) is 5.56 Å². The summed E-state index contributed by atoms with van der Waals surface area (Å²) in [6.07, 6.45) is 0. The van der Waals surface area contributed by atoms with Crippen molar-refractivity contribution in [2.24, 2.45) is 7.05 Å². The molecule has 2 aromatic rings. The van der Waals surface area contributed by atoms with Crippen LogP contribution in [0.4, 0.5) is 0 Å². The Kier molecular flexibility index (Phi) is 3.13. The van der Waals surface area contributed by atoms with Crippen LogP contribution >= 0.6 is 27.5 Å². The maximum absolute atomic E-state index is 11.8. The highest BCUT2D eigenvalue weighted by Gasteiger charge is 2.16. The number of aromatic amines is 1. The molecule has 0 aliphatic heterocycles. The fourth-order valence-corrected chi connectivity index (χ4v) is 2.25. The van der Waals surface area contributed by atoms with E-state index in [4.69, 9.17) is 11.6 Å².